The first-order chi connectivity index (χ1) is 7.29. The van der Waals surface area contributed by atoms with Gasteiger partial charge in [0.05, 0.1) is 12.3 Å². The molecule has 1 saturated carbocycles. The van der Waals surface area contributed by atoms with Gasteiger partial charge in [-0.3, -0.25) is 0 Å². The Morgan fingerprint density at radius 3 is 3.00 bits per heavy atom. The molecule has 78 valence electrons. The van der Waals surface area contributed by atoms with Crippen molar-refractivity contribution in [3.05, 3.63) is 29.1 Å². The van der Waals surface area contributed by atoms with Gasteiger partial charge < -0.3 is 4.74 Å². The molecule has 0 saturated heterocycles. The van der Waals surface area contributed by atoms with Gasteiger partial charge in [0.15, 0.2) is 0 Å². The molecule has 0 spiro atoms. The molecule has 1 aliphatic rings. The van der Waals surface area contributed by atoms with Gasteiger partial charge in [0.1, 0.15) is 11.8 Å². The van der Waals surface area contributed by atoms with Crippen LogP contribution in [0, 0.1) is 24.2 Å². The Kier molecular flexibility index (Phi) is 2.98. The van der Waals surface area contributed by atoms with Crippen molar-refractivity contribution < 1.29 is 4.74 Å². The van der Waals surface area contributed by atoms with Crippen LogP contribution in [0.4, 0.5) is 0 Å². The lowest BCUT2D eigenvalue weighted by molar-refractivity contribution is 0.109. The van der Waals surface area contributed by atoms with Crippen molar-refractivity contribution in [2.45, 2.75) is 26.4 Å². The standard InChI is InChI=1S/C12H14N2O/c1-9-2-5-11(14-12(9)6-13)8-15-7-10-3-4-10/h2,5,10H,3-4,7-8H2,1H3. The lowest BCUT2D eigenvalue weighted by atomic mass is 10.2. The van der Waals surface area contributed by atoms with Gasteiger partial charge in [-0.15, -0.1) is 0 Å². The molecule has 15 heavy (non-hydrogen) atoms. The van der Waals surface area contributed by atoms with Crippen LogP contribution in [0.2, 0.25) is 0 Å². The molecule has 1 fully saturated rings. The zero-order valence-electron chi connectivity index (χ0n) is 8.86. The molecule has 0 aromatic carbocycles. The predicted molar refractivity (Wildman–Crippen MR) is 56.1 cm³/mol. The summed E-state index contributed by atoms with van der Waals surface area (Å²) in [5, 5.41) is 8.81. The summed E-state index contributed by atoms with van der Waals surface area (Å²) in [5.74, 6) is 0.769. The Balaban J connectivity index is 1.92. The van der Waals surface area contributed by atoms with Crippen LogP contribution in [-0.4, -0.2) is 11.6 Å². The largest absolute Gasteiger partial charge is 0.375 e. The highest BCUT2D eigenvalue weighted by Crippen LogP contribution is 2.28. The summed E-state index contributed by atoms with van der Waals surface area (Å²) in [6, 6.07) is 5.92. The Morgan fingerprint density at radius 2 is 2.33 bits per heavy atom. The highest BCUT2D eigenvalue weighted by molar-refractivity contribution is 5.31. The fraction of sp³-hybridized carbons (Fsp3) is 0.500. The fourth-order valence-electron chi connectivity index (χ4n) is 1.38. The lowest BCUT2D eigenvalue weighted by Crippen LogP contribution is -2.01. The average Bonchev–Trinajstić information content (AvgIpc) is 3.04. The van der Waals surface area contributed by atoms with Gasteiger partial charge in [-0.25, -0.2) is 4.98 Å². The van der Waals surface area contributed by atoms with Crippen molar-refractivity contribution in [2.75, 3.05) is 6.61 Å². The van der Waals surface area contributed by atoms with Crippen LogP contribution in [0.3, 0.4) is 0 Å². The zero-order chi connectivity index (χ0) is 10.7. The number of aryl methyl sites for hydroxylation is 1. The van der Waals surface area contributed by atoms with Crippen LogP contribution < -0.4 is 0 Å². The molecule has 3 heteroatoms. The molecule has 0 radical (unpaired) electrons. The molecule has 2 rings (SSSR count). The summed E-state index contributed by atoms with van der Waals surface area (Å²) in [6.45, 7) is 3.24. The van der Waals surface area contributed by atoms with E-state index in [9.17, 15) is 0 Å². The van der Waals surface area contributed by atoms with Crippen LogP contribution in [0.5, 0.6) is 0 Å². The Labute approximate surface area is 89.7 Å². The van der Waals surface area contributed by atoms with E-state index in [1.165, 1.54) is 12.8 Å². The minimum absolute atomic E-state index is 0.502. The van der Waals surface area contributed by atoms with E-state index in [2.05, 4.69) is 11.1 Å². The van der Waals surface area contributed by atoms with Crippen LogP contribution >= 0.6 is 0 Å². The van der Waals surface area contributed by atoms with Gasteiger partial charge in [0.25, 0.3) is 0 Å². The van der Waals surface area contributed by atoms with E-state index in [1.807, 2.05) is 19.1 Å². The summed E-state index contributed by atoms with van der Waals surface area (Å²) >= 11 is 0. The summed E-state index contributed by atoms with van der Waals surface area (Å²) in [5.41, 5.74) is 2.27. The number of nitriles is 1. The quantitative estimate of drug-likeness (QED) is 0.751. The Bertz CT molecular complexity index is 391. The normalized spacial score (nSPS) is 14.9. The van der Waals surface area contributed by atoms with E-state index in [0.717, 1.165) is 23.8 Å². The van der Waals surface area contributed by atoms with Crippen molar-refractivity contribution in [2.24, 2.45) is 5.92 Å². The Morgan fingerprint density at radius 1 is 1.53 bits per heavy atom. The maximum Gasteiger partial charge on any atom is 0.143 e. The van der Waals surface area contributed by atoms with E-state index >= 15 is 0 Å². The number of ether oxygens (including phenoxy) is 1. The maximum absolute atomic E-state index is 8.81. The first-order valence-electron chi connectivity index (χ1n) is 5.24. The molecule has 1 aromatic rings. The van der Waals surface area contributed by atoms with E-state index in [4.69, 9.17) is 10.00 Å². The second-order valence-corrected chi connectivity index (χ2v) is 4.04. The van der Waals surface area contributed by atoms with Crippen molar-refractivity contribution in [3.63, 3.8) is 0 Å². The fourth-order valence-corrected chi connectivity index (χ4v) is 1.38. The second kappa shape index (κ2) is 4.41. The smallest absolute Gasteiger partial charge is 0.143 e. The van der Waals surface area contributed by atoms with Crippen LogP contribution in [0.1, 0.15) is 29.8 Å². The Hall–Kier alpha value is -1.40. The topological polar surface area (TPSA) is 45.9 Å². The summed E-state index contributed by atoms with van der Waals surface area (Å²) < 4.78 is 5.51. The number of hydrogen-bond acceptors (Lipinski definition) is 3. The number of aromatic nitrogens is 1. The minimum atomic E-state index is 0.502. The summed E-state index contributed by atoms with van der Waals surface area (Å²) in [6.07, 6.45) is 2.59. The first kappa shape index (κ1) is 10.1. The second-order valence-electron chi connectivity index (χ2n) is 4.04. The van der Waals surface area contributed by atoms with Gasteiger partial charge in [-0.05, 0) is 37.3 Å². The molecule has 3 nitrogen and oxygen atoms in total. The molecule has 1 aliphatic carbocycles. The molecule has 0 bridgehead atoms. The summed E-state index contributed by atoms with van der Waals surface area (Å²) in [7, 11) is 0. The number of pyridine rings is 1. The molecular weight excluding hydrogens is 188 g/mol. The highest BCUT2D eigenvalue weighted by Gasteiger charge is 2.21. The molecule has 1 heterocycles. The lowest BCUT2D eigenvalue weighted by Gasteiger charge is -2.04. The highest BCUT2D eigenvalue weighted by atomic mass is 16.5. The van der Waals surface area contributed by atoms with Crippen molar-refractivity contribution in [3.8, 4) is 6.07 Å². The van der Waals surface area contributed by atoms with E-state index in [-0.39, 0.29) is 0 Å². The average molecular weight is 202 g/mol. The van der Waals surface area contributed by atoms with E-state index in [0.29, 0.717) is 12.3 Å². The van der Waals surface area contributed by atoms with Gasteiger partial charge in [-0.1, -0.05) is 6.07 Å². The third kappa shape index (κ3) is 2.77. The molecule has 0 aliphatic heterocycles. The number of rotatable bonds is 4. The number of nitrogens with zero attached hydrogens (tertiary/aromatic N) is 2. The molecule has 1 aromatic heterocycles. The predicted octanol–water partition coefficient (Wildman–Crippen LogP) is 2.19. The van der Waals surface area contributed by atoms with Gasteiger partial charge in [-0.2, -0.15) is 5.26 Å². The first-order valence-corrected chi connectivity index (χ1v) is 5.24. The molecule has 0 amide bonds. The van der Waals surface area contributed by atoms with Crippen LogP contribution in [-0.2, 0) is 11.3 Å². The van der Waals surface area contributed by atoms with Crippen LogP contribution in [0.25, 0.3) is 0 Å². The minimum Gasteiger partial charge on any atom is -0.375 e. The van der Waals surface area contributed by atoms with Gasteiger partial charge in [0.2, 0.25) is 0 Å². The zero-order valence-corrected chi connectivity index (χ0v) is 8.86. The third-order valence-corrected chi connectivity index (χ3v) is 2.56. The molecule has 0 unspecified atom stereocenters. The van der Waals surface area contributed by atoms with Crippen molar-refractivity contribution >= 4 is 0 Å². The van der Waals surface area contributed by atoms with E-state index in [1.54, 1.807) is 0 Å². The van der Waals surface area contributed by atoms with Gasteiger partial charge >= 0.3 is 0 Å². The molecule has 0 atom stereocenters. The van der Waals surface area contributed by atoms with Gasteiger partial charge in [0, 0.05) is 6.61 Å². The number of hydrogen-bond donors (Lipinski definition) is 0. The monoisotopic (exact) mass is 202 g/mol. The van der Waals surface area contributed by atoms with Crippen LogP contribution in [0.15, 0.2) is 12.1 Å². The third-order valence-electron chi connectivity index (χ3n) is 2.56. The molecular formula is C12H14N2O. The molecule has 0 N–H and O–H groups in total. The van der Waals surface area contributed by atoms with E-state index < -0.39 is 0 Å². The summed E-state index contributed by atoms with van der Waals surface area (Å²) in [4.78, 5) is 4.22. The van der Waals surface area contributed by atoms with Crippen molar-refractivity contribution in [1.82, 2.24) is 4.98 Å². The maximum atomic E-state index is 8.81. The van der Waals surface area contributed by atoms with Crippen molar-refractivity contribution in [1.29, 1.82) is 5.26 Å². The SMILES string of the molecule is Cc1ccc(COCC2CC2)nc1C#N.